The molecule has 0 aromatic rings. The molecule has 0 heterocycles. The Morgan fingerprint density at radius 2 is 2.25 bits per heavy atom. The van der Waals surface area contributed by atoms with Crippen LogP contribution in [0.25, 0.3) is 10.4 Å². The van der Waals surface area contributed by atoms with Crippen LogP contribution in [0, 0.1) is 5.92 Å². The molecule has 1 atom stereocenters. The first-order valence-corrected chi connectivity index (χ1v) is 5.79. The van der Waals surface area contributed by atoms with Crippen molar-refractivity contribution in [2.75, 3.05) is 13.1 Å². The highest BCUT2D eigenvalue weighted by atomic mass is 16.1. The predicted molar refractivity (Wildman–Crippen MR) is 61.6 cm³/mol. The largest absolute Gasteiger partial charge is 0.368 e. The lowest BCUT2D eigenvalue weighted by atomic mass is 9.97. The summed E-state index contributed by atoms with van der Waals surface area (Å²) < 4.78 is 0. The zero-order valence-electron chi connectivity index (χ0n) is 9.43. The van der Waals surface area contributed by atoms with Crippen molar-refractivity contribution in [3.05, 3.63) is 10.4 Å². The second-order valence-electron chi connectivity index (χ2n) is 4.19. The molecule has 3 N–H and O–H groups in total. The van der Waals surface area contributed by atoms with E-state index < -0.39 is 0 Å². The smallest absolute Gasteiger partial charge is 0.234 e. The first-order chi connectivity index (χ1) is 7.75. The van der Waals surface area contributed by atoms with E-state index in [1.54, 1.807) is 0 Å². The Kier molecular flexibility index (Phi) is 5.67. The van der Waals surface area contributed by atoms with E-state index in [-0.39, 0.29) is 11.9 Å². The summed E-state index contributed by atoms with van der Waals surface area (Å²) in [4.78, 5) is 14.0. The Balaban J connectivity index is 2.27. The Morgan fingerprint density at radius 1 is 1.56 bits per heavy atom. The van der Waals surface area contributed by atoms with Gasteiger partial charge in [0, 0.05) is 11.5 Å². The molecule has 0 bridgehead atoms. The van der Waals surface area contributed by atoms with Crippen molar-refractivity contribution < 1.29 is 4.79 Å². The van der Waals surface area contributed by atoms with Gasteiger partial charge in [-0.05, 0) is 37.3 Å². The van der Waals surface area contributed by atoms with Gasteiger partial charge in [0.15, 0.2) is 0 Å². The van der Waals surface area contributed by atoms with Crippen LogP contribution in [0.4, 0.5) is 0 Å². The lowest BCUT2D eigenvalue weighted by Crippen LogP contribution is -2.46. The third kappa shape index (κ3) is 4.08. The van der Waals surface area contributed by atoms with E-state index in [1.807, 2.05) is 0 Å². The predicted octanol–water partition coefficient (Wildman–Crippen LogP) is 1.32. The first-order valence-electron chi connectivity index (χ1n) is 5.79. The molecule has 16 heavy (non-hydrogen) atoms. The number of nitrogens with one attached hydrogen (secondary N) is 1. The number of nitrogens with two attached hydrogens (primary N) is 1. The molecule has 0 aromatic carbocycles. The van der Waals surface area contributed by atoms with Crippen LogP contribution < -0.4 is 11.1 Å². The van der Waals surface area contributed by atoms with Gasteiger partial charge >= 0.3 is 0 Å². The van der Waals surface area contributed by atoms with E-state index in [0.29, 0.717) is 19.0 Å². The second kappa shape index (κ2) is 7.09. The molecule has 1 fully saturated rings. The van der Waals surface area contributed by atoms with Crippen LogP contribution in [-0.2, 0) is 4.79 Å². The first kappa shape index (κ1) is 12.8. The molecule has 1 rings (SSSR count). The average Bonchev–Trinajstić information content (AvgIpc) is 2.76. The SMILES string of the molecule is [N-]=[N+]=NCCCNC(C(N)=O)C1CCCC1. The third-order valence-electron chi connectivity index (χ3n) is 3.04. The summed E-state index contributed by atoms with van der Waals surface area (Å²) in [5, 5.41) is 6.60. The maximum atomic E-state index is 11.3. The molecule has 0 radical (unpaired) electrons. The van der Waals surface area contributed by atoms with Gasteiger partial charge in [0.2, 0.25) is 5.91 Å². The van der Waals surface area contributed by atoms with Gasteiger partial charge in [0.05, 0.1) is 6.04 Å². The summed E-state index contributed by atoms with van der Waals surface area (Å²) >= 11 is 0. The van der Waals surface area contributed by atoms with Gasteiger partial charge in [-0.25, -0.2) is 0 Å². The van der Waals surface area contributed by atoms with Gasteiger partial charge in [-0.1, -0.05) is 18.0 Å². The molecule has 0 spiro atoms. The van der Waals surface area contributed by atoms with E-state index >= 15 is 0 Å². The van der Waals surface area contributed by atoms with Crippen molar-refractivity contribution in [2.45, 2.75) is 38.1 Å². The van der Waals surface area contributed by atoms with Crippen molar-refractivity contribution in [1.82, 2.24) is 5.32 Å². The van der Waals surface area contributed by atoms with Crippen LogP contribution in [0.3, 0.4) is 0 Å². The number of amides is 1. The van der Waals surface area contributed by atoms with Crippen molar-refractivity contribution in [3.63, 3.8) is 0 Å². The van der Waals surface area contributed by atoms with E-state index in [4.69, 9.17) is 11.3 Å². The molecule has 6 heteroatoms. The zero-order valence-corrected chi connectivity index (χ0v) is 9.43. The van der Waals surface area contributed by atoms with E-state index in [2.05, 4.69) is 15.3 Å². The highest BCUT2D eigenvalue weighted by molar-refractivity contribution is 5.80. The lowest BCUT2D eigenvalue weighted by Gasteiger charge is -2.21. The minimum atomic E-state index is -0.268. The fourth-order valence-corrected chi connectivity index (χ4v) is 2.24. The lowest BCUT2D eigenvalue weighted by molar-refractivity contribution is -0.121. The summed E-state index contributed by atoms with van der Waals surface area (Å²) in [6.45, 7) is 1.13. The number of azide groups is 1. The second-order valence-corrected chi connectivity index (χ2v) is 4.19. The van der Waals surface area contributed by atoms with E-state index in [0.717, 1.165) is 19.3 Å². The Morgan fingerprint density at radius 3 is 2.81 bits per heavy atom. The summed E-state index contributed by atoms with van der Waals surface area (Å²) in [5.41, 5.74) is 13.5. The minimum Gasteiger partial charge on any atom is -0.368 e. The molecule has 1 aliphatic carbocycles. The molecule has 1 unspecified atom stereocenters. The van der Waals surface area contributed by atoms with Gasteiger partial charge in [0.25, 0.3) is 0 Å². The Bertz CT molecular complexity index is 268. The minimum absolute atomic E-state index is 0.214. The van der Waals surface area contributed by atoms with Gasteiger partial charge in [-0.3, -0.25) is 4.79 Å². The molecular formula is C10H19N5O. The summed E-state index contributed by atoms with van der Waals surface area (Å²) in [6.07, 6.45) is 5.28. The highest BCUT2D eigenvalue weighted by Gasteiger charge is 2.28. The quantitative estimate of drug-likeness (QED) is 0.295. The van der Waals surface area contributed by atoms with Crippen molar-refractivity contribution in [2.24, 2.45) is 16.8 Å². The summed E-state index contributed by atoms with van der Waals surface area (Å²) in [6, 6.07) is -0.214. The standard InChI is InChI=1S/C10H19N5O/c11-10(16)9(8-4-1-2-5-8)13-6-3-7-14-15-12/h8-9,13H,1-7H2,(H2,11,16). The number of carbonyl (C=O) groups is 1. The Labute approximate surface area is 95.2 Å². The molecule has 1 aliphatic rings. The number of hydrogen-bond donors (Lipinski definition) is 2. The molecule has 0 aromatic heterocycles. The molecule has 1 saturated carbocycles. The van der Waals surface area contributed by atoms with Crippen LogP contribution >= 0.6 is 0 Å². The van der Waals surface area contributed by atoms with E-state index in [1.165, 1.54) is 12.8 Å². The molecule has 6 nitrogen and oxygen atoms in total. The molecular weight excluding hydrogens is 206 g/mol. The fourth-order valence-electron chi connectivity index (χ4n) is 2.24. The van der Waals surface area contributed by atoms with Crippen LogP contribution in [-0.4, -0.2) is 25.0 Å². The third-order valence-corrected chi connectivity index (χ3v) is 3.04. The van der Waals surface area contributed by atoms with Crippen LogP contribution in [0.1, 0.15) is 32.1 Å². The summed E-state index contributed by atoms with van der Waals surface area (Å²) in [7, 11) is 0. The number of nitrogens with zero attached hydrogens (tertiary/aromatic N) is 3. The maximum absolute atomic E-state index is 11.3. The topological polar surface area (TPSA) is 104 Å². The highest BCUT2D eigenvalue weighted by Crippen LogP contribution is 2.27. The van der Waals surface area contributed by atoms with Gasteiger partial charge in [0.1, 0.15) is 0 Å². The zero-order chi connectivity index (χ0) is 11.8. The Hall–Kier alpha value is -1.26. The van der Waals surface area contributed by atoms with Crippen LogP contribution in [0.2, 0.25) is 0 Å². The maximum Gasteiger partial charge on any atom is 0.234 e. The molecule has 1 amide bonds. The molecule has 90 valence electrons. The van der Waals surface area contributed by atoms with Gasteiger partial charge in [-0.15, -0.1) is 0 Å². The number of primary amides is 1. The number of rotatable bonds is 7. The number of carbonyl (C=O) groups excluding carboxylic acids is 1. The monoisotopic (exact) mass is 225 g/mol. The average molecular weight is 225 g/mol. The normalized spacial score (nSPS) is 18.0. The molecule has 0 aliphatic heterocycles. The molecule has 0 saturated heterocycles. The van der Waals surface area contributed by atoms with Gasteiger partial charge < -0.3 is 11.1 Å². The number of hydrogen-bond acceptors (Lipinski definition) is 3. The van der Waals surface area contributed by atoms with Crippen molar-refractivity contribution in [3.8, 4) is 0 Å². The van der Waals surface area contributed by atoms with E-state index in [9.17, 15) is 4.79 Å². The van der Waals surface area contributed by atoms with Gasteiger partial charge in [-0.2, -0.15) is 0 Å². The van der Waals surface area contributed by atoms with Crippen LogP contribution in [0.5, 0.6) is 0 Å². The van der Waals surface area contributed by atoms with Crippen LogP contribution in [0.15, 0.2) is 5.11 Å². The summed E-state index contributed by atoms with van der Waals surface area (Å²) in [5.74, 6) is 0.118. The van der Waals surface area contributed by atoms with Crippen molar-refractivity contribution in [1.29, 1.82) is 0 Å². The fraction of sp³-hybridized carbons (Fsp3) is 0.900. The van der Waals surface area contributed by atoms with Crippen molar-refractivity contribution >= 4 is 5.91 Å².